The molecule has 0 aliphatic carbocycles. The van der Waals surface area contributed by atoms with Crippen LogP contribution in [0.25, 0.3) is 22.5 Å². The Balaban J connectivity index is 1.96. The highest BCUT2D eigenvalue weighted by Crippen LogP contribution is 2.52. The lowest BCUT2D eigenvalue weighted by Gasteiger charge is -2.27. The average molecular weight is 758 g/mol. The molecule has 2 aromatic carbocycles. The Kier molecular flexibility index (Phi) is 9.48. The van der Waals surface area contributed by atoms with Crippen LogP contribution in [-0.2, 0) is 42.5 Å². The first-order valence-corrected chi connectivity index (χ1v) is 13.6. The molecule has 0 N–H and O–H groups in total. The minimum atomic E-state index is -6.17. The molecule has 0 atom stereocenters. The van der Waals surface area contributed by atoms with Gasteiger partial charge in [-0.05, 0) is 50.2 Å². The Morgan fingerprint density at radius 1 is 0.353 bits per heavy atom. The van der Waals surface area contributed by atoms with Gasteiger partial charge in [-0.1, -0.05) is 24.3 Å². The first kappa shape index (κ1) is 39.3. The summed E-state index contributed by atoms with van der Waals surface area (Å²) in [5, 5.41) is 0. The summed E-state index contributed by atoms with van der Waals surface area (Å²) in [6.45, 7) is 2.34. The second-order valence-electron chi connectivity index (χ2n) is 11.2. The molecule has 0 fully saturated rings. The zero-order valence-corrected chi connectivity index (χ0v) is 25.0. The van der Waals surface area contributed by atoms with Crippen molar-refractivity contribution in [1.29, 1.82) is 0 Å². The largest absolute Gasteiger partial charge is 0.417 e. The molecule has 2 nitrogen and oxygen atoms in total. The number of rotatable bonds is 4. The van der Waals surface area contributed by atoms with Crippen LogP contribution in [0.1, 0.15) is 58.6 Å². The molecule has 2 aromatic heterocycles. The van der Waals surface area contributed by atoms with Crippen molar-refractivity contribution < 1.29 is 79.0 Å². The Morgan fingerprint density at radius 3 is 0.902 bits per heavy atom. The third-order valence-electron chi connectivity index (χ3n) is 7.49. The van der Waals surface area contributed by atoms with Crippen molar-refractivity contribution in [3.05, 3.63) is 105 Å². The molecule has 0 bridgehead atoms. The molecule has 0 saturated heterocycles. The van der Waals surface area contributed by atoms with Crippen LogP contribution in [0.2, 0.25) is 0 Å². The predicted molar refractivity (Wildman–Crippen MR) is 141 cm³/mol. The minimum Gasteiger partial charge on any atom is -0.252 e. The van der Waals surface area contributed by atoms with E-state index >= 15 is 0 Å². The smallest absolute Gasteiger partial charge is 0.252 e. The van der Waals surface area contributed by atoms with E-state index in [9.17, 15) is 79.0 Å². The van der Waals surface area contributed by atoms with Crippen molar-refractivity contribution in [2.24, 2.45) is 0 Å². The van der Waals surface area contributed by atoms with Gasteiger partial charge in [-0.25, -0.2) is 0 Å². The molecule has 0 spiro atoms. The molecule has 4 aromatic rings. The number of aromatic nitrogens is 2. The highest BCUT2D eigenvalue weighted by molar-refractivity contribution is 5.70. The number of hydrogen-bond acceptors (Lipinski definition) is 2. The molecular formula is C31H16F18N2. The van der Waals surface area contributed by atoms with Gasteiger partial charge in [-0.2, -0.15) is 79.0 Å². The molecule has 0 aliphatic heterocycles. The van der Waals surface area contributed by atoms with Gasteiger partial charge in [0.2, 0.25) is 0 Å². The Hall–Kier alpha value is -4.52. The molecule has 0 unspecified atom stereocenters. The van der Waals surface area contributed by atoms with Gasteiger partial charge >= 0.3 is 37.1 Å². The molecule has 2 heterocycles. The van der Waals surface area contributed by atoms with E-state index in [0.29, 0.717) is 0 Å². The first-order chi connectivity index (χ1) is 22.9. The molecule has 0 aliphatic rings. The highest BCUT2D eigenvalue weighted by atomic mass is 19.4. The summed E-state index contributed by atoms with van der Waals surface area (Å²) in [7, 11) is 0. The third-order valence-corrected chi connectivity index (χ3v) is 7.49. The summed E-state index contributed by atoms with van der Waals surface area (Å²) in [6, 6.07) is 5.16. The first-order valence-electron chi connectivity index (χ1n) is 13.6. The molecule has 0 radical (unpaired) electrons. The van der Waals surface area contributed by atoms with Crippen molar-refractivity contribution in [1.82, 2.24) is 9.97 Å². The fraction of sp³-hybridized carbons (Fsp3) is 0.290. The van der Waals surface area contributed by atoms with Gasteiger partial charge in [0.05, 0.1) is 56.2 Å². The highest BCUT2D eigenvalue weighted by Gasteiger charge is 2.53. The van der Waals surface area contributed by atoms with Crippen molar-refractivity contribution >= 4 is 0 Å². The maximum Gasteiger partial charge on any atom is 0.417 e. The lowest BCUT2D eigenvalue weighted by molar-refractivity contribution is -0.174. The van der Waals surface area contributed by atoms with Crippen LogP contribution in [-0.4, -0.2) is 9.97 Å². The van der Waals surface area contributed by atoms with Crippen molar-refractivity contribution in [3.8, 4) is 22.5 Å². The van der Waals surface area contributed by atoms with Gasteiger partial charge in [-0.3, -0.25) is 9.97 Å². The van der Waals surface area contributed by atoms with E-state index in [1.54, 1.807) is 0 Å². The fourth-order valence-corrected chi connectivity index (χ4v) is 5.28. The minimum absolute atomic E-state index is 0.111. The standard InChI is InChI=1S/C31H16F18N2/c1-25(2,19-7-3-5-17(50-19)13-9-11-15(26(32,33)34)23(30(44,45)46)21(13)28(38,39)40)20-8-4-6-18(51-20)14-10-12-16(27(35,36)37)24(31(47,48)49)22(14)29(41,42)43/h3-12H,1-2H3. The lowest BCUT2D eigenvalue weighted by Crippen LogP contribution is -2.25. The van der Waals surface area contributed by atoms with Gasteiger partial charge in [-0.15, -0.1) is 0 Å². The van der Waals surface area contributed by atoms with Crippen LogP contribution in [0.3, 0.4) is 0 Å². The number of halogens is 18. The van der Waals surface area contributed by atoms with Gasteiger partial charge in [0, 0.05) is 16.5 Å². The number of pyridine rings is 2. The summed E-state index contributed by atoms with van der Waals surface area (Å²) in [6.07, 6.45) is -36.2. The normalized spacial score (nSPS) is 13.9. The second-order valence-corrected chi connectivity index (χ2v) is 11.2. The summed E-state index contributed by atoms with van der Waals surface area (Å²) in [4.78, 5) is 7.76. The third kappa shape index (κ3) is 7.73. The molecule has 276 valence electrons. The average Bonchev–Trinajstić information content (AvgIpc) is 2.97. The molecule has 4 rings (SSSR count). The SMILES string of the molecule is CC(C)(c1cccc(-c2ccc(C(F)(F)F)c(C(F)(F)F)c2C(F)(F)F)n1)c1cccc(-c2ccc(C(F)(F)F)c(C(F)(F)F)c2C(F)(F)F)n1. The van der Waals surface area contributed by atoms with Crippen molar-refractivity contribution in [2.75, 3.05) is 0 Å². The maximum atomic E-state index is 14.1. The fourth-order valence-electron chi connectivity index (χ4n) is 5.28. The molecular weight excluding hydrogens is 742 g/mol. The van der Waals surface area contributed by atoms with E-state index in [4.69, 9.17) is 0 Å². The Labute approximate surface area is 273 Å². The van der Waals surface area contributed by atoms with Gasteiger partial charge in [0.1, 0.15) is 0 Å². The number of alkyl halides is 18. The molecule has 20 heteroatoms. The Bertz CT molecular complexity index is 1800. The zero-order chi connectivity index (χ0) is 38.9. The zero-order valence-electron chi connectivity index (χ0n) is 25.0. The van der Waals surface area contributed by atoms with Gasteiger partial charge < -0.3 is 0 Å². The summed E-state index contributed by atoms with van der Waals surface area (Å²) >= 11 is 0. The number of nitrogens with zero attached hydrogens (tertiary/aromatic N) is 2. The summed E-state index contributed by atoms with van der Waals surface area (Å²) < 4.78 is 248. The number of hydrogen-bond donors (Lipinski definition) is 0. The molecule has 0 saturated carbocycles. The maximum absolute atomic E-state index is 14.1. The molecule has 51 heavy (non-hydrogen) atoms. The lowest BCUT2D eigenvalue weighted by atomic mass is 9.83. The van der Waals surface area contributed by atoms with Crippen molar-refractivity contribution in [3.63, 3.8) is 0 Å². The van der Waals surface area contributed by atoms with Crippen LogP contribution < -0.4 is 0 Å². The van der Waals surface area contributed by atoms with Crippen LogP contribution in [0, 0.1) is 0 Å². The van der Waals surface area contributed by atoms with Crippen LogP contribution in [0.15, 0.2) is 60.7 Å². The summed E-state index contributed by atoms with van der Waals surface area (Å²) in [5.74, 6) is 0. The predicted octanol–water partition coefficient (Wildman–Crippen LogP) is 12.2. The van der Waals surface area contributed by atoms with Crippen molar-refractivity contribution in [2.45, 2.75) is 56.3 Å². The monoisotopic (exact) mass is 758 g/mol. The second kappa shape index (κ2) is 12.3. The van der Waals surface area contributed by atoms with E-state index in [-0.39, 0.29) is 24.3 Å². The van der Waals surface area contributed by atoms with Gasteiger partial charge in [0.25, 0.3) is 0 Å². The number of benzene rings is 2. The van der Waals surface area contributed by atoms with Crippen LogP contribution >= 0.6 is 0 Å². The quantitative estimate of drug-likeness (QED) is 0.194. The Morgan fingerprint density at radius 2 is 0.647 bits per heavy atom. The van der Waals surface area contributed by atoms with E-state index in [2.05, 4.69) is 9.97 Å². The van der Waals surface area contributed by atoms with Gasteiger partial charge in [0.15, 0.2) is 0 Å². The van der Waals surface area contributed by atoms with E-state index in [1.165, 1.54) is 13.8 Å². The topological polar surface area (TPSA) is 25.8 Å². The van der Waals surface area contributed by atoms with E-state index in [1.807, 2.05) is 0 Å². The van der Waals surface area contributed by atoms with E-state index in [0.717, 1.165) is 36.4 Å². The van der Waals surface area contributed by atoms with E-state index < -0.39 is 110 Å². The molecule has 0 amide bonds. The summed E-state index contributed by atoms with van der Waals surface area (Å²) in [5.41, 5.74) is -24.2. The van der Waals surface area contributed by atoms with Crippen LogP contribution in [0.4, 0.5) is 79.0 Å². The van der Waals surface area contributed by atoms with Crippen LogP contribution in [0.5, 0.6) is 0 Å².